The van der Waals surface area contributed by atoms with Crippen LogP contribution < -0.4 is 45.0 Å². The van der Waals surface area contributed by atoms with Crippen molar-refractivity contribution in [2.24, 2.45) is 0 Å². The molecule has 12 heterocycles. The summed E-state index contributed by atoms with van der Waals surface area (Å²) < 4.78 is 14.3. The minimum absolute atomic E-state index is 0.0179. The fourth-order valence-electron chi connectivity index (χ4n) is 25.9. The van der Waals surface area contributed by atoms with Crippen LogP contribution in [-0.2, 0) is 46.9 Å². The van der Waals surface area contributed by atoms with E-state index in [1.54, 1.807) is 0 Å². The van der Waals surface area contributed by atoms with Crippen LogP contribution in [0.15, 0.2) is 0 Å². The van der Waals surface area contributed by atoms with Crippen LogP contribution in [0.25, 0.3) is 0 Å². The molecule has 3 N–H and O–H groups in total. The summed E-state index contributed by atoms with van der Waals surface area (Å²) in [5.41, 5.74) is -13.2. The van der Waals surface area contributed by atoms with E-state index in [1.807, 2.05) is 240 Å². The Morgan fingerprint density at radius 3 is 0.688 bits per heavy atom. The van der Waals surface area contributed by atoms with Gasteiger partial charge in [0.1, 0.15) is 13.2 Å². The van der Waals surface area contributed by atoms with E-state index in [0.717, 1.165) is 0 Å². The molecule has 12 rings (SSSR count). The molecule has 0 aliphatic carbocycles. The summed E-state index contributed by atoms with van der Waals surface area (Å²) in [6.07, 6.45) is 7.86. The second-order valence-electron chi connectivity index (χ2n) is 50.2. The zero-order valence-corrected chi connectivity index (χ0v) is 84.2. The summed E-state index contributed by atoms with van der Waals surface area (Å²) in [6, 6.07) is -3.74. The molecular weight excluding hydrogens is 1630 g/mol. The Hall–Kier alpha value is -5.49. The van der Waals surface area contributed by atoms with Crippen LogP contribution in [0, 0.1) is 0 Å². The molecule has 0 bridgehead atoms. The number of aromatic nitrogens is 9. The lowest BCUT2D eigenvalue weighted by molar-refractivity contribution is -0.294. The summed E-state index contributed by atoms with van der Waals surface area (Å²) >= 11 is 0. The number of ether oxygens (including phenoxy) is 2. The lowest BCUT2D eigenvalue weighted by Gasteiger charge is -2.57. The Balaban J connectivity index is 1.04. The fraction of sp³-hybridized carbons (Fsp3) is 0.902. The predicted octanol–water partition coefficient (Wildman–Crippen LogP) is 14.4. The van der Waals surface area contributed by atoms with Crippen LogP contribution in [0.5, 0.6) is 12.0 Å². The van der Waals surface area contributed by atoms with Crippen molar-refractivity contribution in [3.05, 3.63) is 0 Å². The van der Waals surface area contributed by atoms with Crippen molar-refractivity contribution in [1.82, 2.24) is 90.4 Å². The number of anilines is 7. The molecule has 4 atom stereocenters. The van der Waals surface area contributed by atoms with Gasteiger partial charge in [0.2, 0.25) is 41.6 Å². The van der Waals surface area contributed by atoms with E-state index in [0.29, 0.717) is 133 Å². The molecule has 0 spiro atoms. The maximum atomic E-state index is 14.6. The highest BCUT2D eigenvalue weighted by atomic mass is 16.5. The van der Waals surface area contributed by atoms with E-state index in [9.17, 15) is 46.9 Å². The molecule has 9 aliphatic heterocycles. The molecule has 0 amide bonds. The molecule has 128 heavy (non-hydrogen) atoms. The molecule has 3 aromatic rings. The van der Waals surface area contributed by atoms with E-state index >= 15 is 0 Å². The van der Waals surface area contributed by atoms with E-state index < -0.39 is 101 Å². The average molecular weight is 1790 g/mol. The second kappa shape index (κ2) is 34.7. The first kappa shape index (κ1) is 101. The van der Waals surface area contributed by atoms with Gasteiger partial charge >= 0.3 is 12.0 Å². The molecule has 36 heteroatoms. The Morgan fingerprint density at radius 1 is 0.258 bits per heavy atom. The molecule has 3 aromatic heterocycles. The van der Waals surface area contributed by atoms with Crippen molar-refractivity contribution in [2.75, 3.05) is 61.9 Å². The van der Waals surface area contributed by atoms with Crippen molar-refractivity contribution < 1.29 is 56.3 Å². The van der Waals surface area contributed by atoms with Crippen LogP contribution >= 0.6 is 0 Å². The van der Waals surface area contributed by atoms with E-state index in [4.69, 9.17) is 54.3 Å². The van der Waals surface area contributed by atoms with Gasteiger partial charge in [0.05, 0.1) is 13.1 Å². The maximum absolute atomic E-state index is 14.6. The number of hydroxylamine groups is 18. The van der Waals surface area contributed by atoms with Crippen LogP contribution in [0.3, 0.4) is 0 Å². The summed E-state index contributed by atoms with van der Waals surface area (Å²) in [7, 11) is 0. The van der Waals surface area contributed by atoms with Gasteiger partial charge in [-0.15, -0.1) is 92.4 Å². The largest absolute Gasteiger partial charge is 0.461 e. The fourth-order valence-corrected chi connectivity index (χ4v) is 25.9. The Bertz CT molecular complexity index is 4200. The third kappa shape index (κ3) is 21.0. The van der Waals surface area contributed by atoms with Gasteiger partial charge in [0.25, 0.3) is 0 Å². The smallest absolute Gasteiger partial charge is 0.323 e. The highest BCUT2D eigenvalue weighted by molar-refractivity contribution is 5.50. The summed E-state index contributed by atoms with van der Waals surface area (Å²) in [5.74, 6) is 1.75. The van der Waals surface area contributed by atoms with Crippen LogP contribution in [0.1, 0.15) is 351 Å². The van der Waals surface area contributed by atoms with Crippen LogP contribution in [-0.4, -0.2) is 272 Å². The summed E-state index contributed by atoms with van der Waals surface area (Å²) in [6.45, 7) is 66.5. The number of rotatable bonds is 24. The highest BCUT2D eigenvalue weighted by Gasteiger charge is 2.59. The number of nitrogens with zero attached hydrogens (tertiary/aromatic N) is 22. The molecule has 9 saturated heterocycles. The van der Waals surface area contributed by atoms with Crippen molar-refractivity contribution >= 4 is 41.6 Å². The van der Waals surface area contributed by atoms with Gasteiger partial charge in [-0.25, -0.2) is 0 Å². The standard InChI is InChI=1S/C92H160N25O11/c1-57-39-62(47-77(3,4)109(57)118)106(64-49-85(19,20)114(123)86(21,22)50-64)72-97-68(93-59-41-79(7,8)111(120)80(9,10)42-59)96-71(102-72)105(35-37-127-75-100-69(94-60-43-81(11,12)112(121)82(13,14)44-60)98-73(103-75)107(63-40-58(2)110(119)78(5,6)48-63)65-51-87(23,24)115(124)88(25,26)52-65)36-38-128-76-101-70(95-61-45-83(15,16)113(122)84(17,18)46-61)99-74(104-76)108(66-53-89(27,28)116(125)90(29,30)54-66)67-55-91(31,32)117(126)92(33,34)56-67/h57-67H,35-56H2,1-34H3,(H,93,96,97,102)(H,94,98,100,103)(H,95,99,101,104). The van der Waals surface area contributed by atoms with E-state index in [-0.39, 0.29) is 116 Å². The minimum Gasteiger partial charge on any atom is -0.461 e. The van der Waals surface area contributed by atoms with Gasteiger partial charge in [0.15, 0.2) is 0 Å². The Kier molecular flexibility index (Phi) is 27.5. The first-order valence-electron chi connectivity index (χ1n) is 47.4. The molecule has 0 saturated carbocycles. The van der Waals surface area contributed by atoms with Crippen molar-refractivity contribution in [3.63, 3.8) is 0 Å². The monoisotopic (exact) mass is 1790 g/mol. The van der Waals surface area contributed by atoms with Crippen LogP contribution in [0.4, 0.5) is 41.6 Å². The normalized spacial score (nSPS) is 29.6. The molecule has 36 nitrogen and oxygen atoms in total. The van der Waals surface area contributed by atoms with Gasteiger partial charge < -0.3 is 45.0 Å². The van der Waals surface area contributed by atoms with Crippen molar-refractivity contribution in [1.29, 1.82) is 0 Å². The zero-order chi connectivity index (χ0) is 95.5. The minimum atomic E-state index is -0.868. The number of hydrogen-bond acceptors (Lipinski definition) is 27. The quantitative estimate of drug-likeness (QED) is 0.0750. The van der Waals surface area contributed by atoms with Crippen molar-refractivity contribution in [2.45, 2.75) is 506 Å². The average Bonchev–Trinajstić information content (AvgIpc) is 0.766. The summed E-state index contributed by atoms with van der Waals surface area (Å²) in [5, 5.41) is 151. The third-order valence-electron chi connectivity index (χ3n) is 30.1. The van der Waals surface area contributed by atoms with E-state index in [2.05, 4.69) is 30.7 Å². The predicted molar refractivity (Wildman–Crippen MR) is 485 cm³/mol. The molecule has 0 aromatic carbocycles. The first-order valence-corrected chi connectivity index (χ1v) is 47.4. The summed E-state index contributed by atoms with van der Waals surface area (Å²) in [4.78, 5) is 57.2. The van der Waals surface area contributed by atoms with E-state index in [1.165, 1.54) is 45.6 Å². The highest BCUT2D eigenvalue weighted by Crippen LogP contribution is 2.51. The molecule has 9 radical (unpaired) electrons. The van der Waals surface area contributed by atoms with Gasteiger partial charge in [-0.05, 0) is 351 Å². The van der Waals surface area contributed by atoms with Gasteiger partial charge in [-0.2, -0.15) is 44.9 Å². The third-order valence-corrected chi connectivity index (χ3v) is 30.1. The molecule has 719 valence electrons. The second-order valence-corrected chi connectivity index (χ2v) is 50.2. The topological polar surface area (TPSA) is 392 Å². The molecule has 9 fully saturated rings. The van der Waals surface area contributed by atoms with Crippen molar-refractivity contribution in [3.8, 4) is 12.0 Å². The lowest BCUT2D eigenvalue weighted by atomic mass is 9.75. The molecular formula is C92H160N25O11. The lowest BCUT2D eigenvalue weighted by Crippen LogP contribution is -2.67. The molecule has 9 aliphatic rings. The molecule has 4 unspecified atom stereocenters. The number of nitrogens with one attached hydrogen (secondary N) is 3. The first-order chi connectivity index (χ1) is 58.2. The van der Waals surface area contributed by atoms with Gasteiger partial charge in [-0.1, -0.05) is 0 Å². The van der Waals surface area contributed by atoms with Gasteiger partial charge in [-0.3, -0.25) is 0 Å². The Morgan fingerprint density at radius 2 is 0.453 bits per heavy atom. The van der Waals surface area contributed by atoms with Gasteiger partial charge in [0, 0.05) is 155 Å². The van der Waals surface area contributed by atoms with Crippen LogP contribution in [0.2, 0.25) is 0 Å². The maximum Gasteiger partial charge on any atom is 0.323 e. The Labute approximate surface area is 764 Å². The zero-order valence-electron chi connectivity index (χ0n) is 84.2. The number of piperidine rings is 9. The SMILES string of the molecule is CC1CC(N(c2nc(NC3CC(C)(C)N([O])C(C)(C)C3)nc(OCCN(CCOc3nc(NC4CC(C)(C)N([O])C(C)(C)C4)nc(N(C4CC(C)(C)N([O])C(C)(C)C4)C4CC(C)(C)N([O])C(C)(C)C4)n3)c3nc(NC4CC(C)(C)N([O])C(C)(C)C4)nc(N(C4CC(C)N([O])C(C)(C)C4)C4CC(C)(C)N([O])C(C)(C)C4)n3)n2)C2CC(C)(C)N([O])C(C)(C)C2)CC(C)(C)N1[O]. The number of hydrogen-bond donors (Lipinski definition) is 3.